The molecule has 2 heterocycles. The van der Waals surface area contributed by atoms with Crippen LogP contribution in [0.1, 0.15) is 32.1 Å². The van der Waals surface area contributed by atoms with Crippen LogP contribution in [0, 0.1) is 0 Å². The third-order valence-electron chi connectivity index (χ3n) is 4.21. The SMILES string of the molecule is CN(CC(=O)N1CCCC1)C(=O)CCOC1CCNCC1. The minimum atomic E-state index is -0.0171. The zero-order valence-electron chi connectivity index (χ0n) is 13.0. The van der Waals surface area contributed by atoms with Crippen LogP contribution in [0.4, 0.5) is 0 Å². The molecule has 0 saturated carbocycles. The maximum absolute atomic E-state index is 12.0. The van der Waals surface area contributed by atoms with Crippen LogP contribution in [0.25, 0.3) is 0 Å². The molecule has 0 unspecified atom stereocenters. The maximum atomic E-state index is 12.0. The van der Waals surface area contributed by atoms with E-state index in [4.69, 9.17) is 4.74 Å². The molecule has 0 atom stereocenters. The lowest BCUT2D eigenvalue weighted by Gasteiger charge is -2.24. The summed E-state index contributed by atoms with van der Waals surface area (Å²) in [4.78, 5) is 27.3. The van der Waals surface area contributed by atoms with Gasteiger partial charge in [-0.25, -0.2) is 0 Å². The molecular formula is C15H27N3O3. The largest absolute Gasteiger partial charge is 0.378 e. The molecule has 2 saturated heterocycles. The Morgan fingerprint density at radius 2 is 1.90 bits per heavy atom. The van der Waals surface area contributed by atoms with Gasteiger partial charge in [-0.1, -0.05) is 0 Å². The second kappa shape index (κ2) is 8.34. The van der Waals surface area contributed by atoms with Crippen LogP contribution >= 0.6 is 0 Å². The van der Waals surface area contributed by atoms with Gasteiger partial charge in [0, 0.05) is 20.1 Å². The number of likely N-dealkylation sites (tertiary alicyclic amines) is 1. The number of nitrogens with zero attached hydrogens (tertiary/aromatic N) is 2. The number of piperidine rings is 1. The van der Waals surface area contributed by atoms with E-state index in [0.29, 0.717) is 13.0 Å². The normalized spacial score (nSPS) is 19.8. The van der Waals surface area contributed by atoms with Crippen LogP contribution < -0.4 is 5.32 Å². The van der Waals surface area contributed by atoms with Crippen molar-refractivity contribution >= 4 is 11.8 Å². The highest BCUT2D eigenvalue weighted by molar-refractivity contribution is 5.84. The summed E-state index contributed by atoms with van der Waals surface area (Å²) in [6.07, 6.45) is 4.81. The molecule has 0 spiro atoms. The second-order valence-electron chi connectivity index (χ2n) is 5.91. The zero-order valence-corrected chi connectivity index (χ0v) is 13.0. The van der Waals surface area contributed by atoms with Crippen LogP contribution in [0.5, 0.6) is 0 Å². The van der Waals surface area contributed by atoms with E-state index in [1.165, 1.54) is 4.90 Å². The molecule has 0 aliphatic carbocycles. The van der Waals surface area contributed by atoms with E-state index in [9.17, 15) is 9.59 Å². The number of ether oxygens (including phenoxy) is 1. The molecule has 2 aliphatic heterocycles. The van der Waals surface area contributed by atoms with Gasteiger partial charge in [-0.05, 0) is 38.8 Å². The lowest BCUT2D eigenvalue weighted by Crippen LogP contribution is -2.40. The fourth-order valence-electron chi connectivity index (χ4n) is 2.82. The summed E-state index contributed by atoms with van der Waals surface area (Å²) in [7, 11) is 1.70. The quantitative estimate of drug-likeness (QED) is 0.762. The van der Waals surface area contributed by atoms with Gasteiger partial charge in [0.1, 0.15) is 0 Å². The Morgan fingerprint density at radius 3 is 2.57 bits per heavy atom. The van der Waals surface area contributed by atoms with Gasteiger partial charge in [0.15, 0.2) is 0 Å². The molecule has 0 aromatic heterocycles. The summed E-state index contributed by atoms with van der Waals surface area (Å²) >= 11 is 0. The molecule has 0 radical (unpaired) electrons. The first kappa shape index (κ1) is 16.2. The molecule has 21 heavy (non-hydrogen) atoms. The molecule has 2 fully saturated rings. The van der Waals surface area contributed by atoms with Crippen molar-refractivity contribution in [3.63, 3.8) is 0 Å². The van der Waals surface area contributed by atoms with Crippen molar-refractivity contribution in [3.05, 3.63) is 0 Å². The summed E-state index contributed by atoms with van der Waals surface area (Å²) in [5, 5.41) is 3.28. The highest BCUT2D eigenvalue weighted by Gasteiger charge is 2.21. The topological polar surface area (TPSA) is 61.9 Å². The Balaban J connectivity index is 1.61. The predicted molar refractivity (Wildman–Crippen MR) is 79.9 cm³/mol. The smallest absolute Gasteiger partial charge is 0.242 e. The van der Waals surface area contributed by atoms with E-state index in [2.05, 4.69) is 5.32 Å². The molecule has 6 nitrogen and oxygen atoms in total. The maximum Gasteiger partial charge on any atom is 0.242 e. The first-order valence-corrected chi connectivity index (χ1v) is 8.01. The molecule has 2 amide bonds. The van der Waals surface area contributed by atoms with E-state index >= 15 is 0 Å². The molecule has 2 aliphatic rings. The highest BCUT2D eigenvalue weighted by atomic mass is 16.5. The van der Waals surface area contributed by atoms with Crippen molar-refractivity contribution in [2.75, 3.05) is 46.4 Å². The van der Waals surface area contributed by atoms with E-state index in [-0.39, 0.29) is 24.5 Å². The van der Waals surface area contributed by atoms with Crippen molar-refractivity contribution in [1.29, 1.82) is 0 Å². The molecule has 6 heteroatoms. The van der Waals surface area contributed by atoms with Gasteiger partial charge in [-0.2, -0.15) is 0 Å². The number of hydrogen-bond donors (Lipinski definition) is 1. The van der Waals surface area contributed by atoms with Gasteiger partial charge in [0.25, 0.3) is 0 Å². The van der Waals surface area contributed by atoms with Crippen LogP contribution in [-0.4, -0.2) is 74.1 Å². The van der Waals surface area contributed by atoms with E-state index in [1.807, 2.05) is 4.90 Å². The van der Waals surface area contributed by atoms with Gasteiger partial charge in [0.2, 0.25) is 11.8 Å². The fourth-order valence-corrected chi connectivity index (χ4v) is 2.82. The average molecular weight is 297 g/mol. The van der Waals surface area contributed by atoms with Crippen molar-refractivity contribution in [1.82, 2.24) is 15.1 Å². The number of rotatable bonds is 6. The van der Waals surface area contributed by atoms with Crippen LogP contribution in [0.3, 0.4) is 0 Å². The van der Waals surface area contributed by atoms with Crippen molar-refractivity contribution in [2.45, 2.75) is 38.2 Å². The molecule has 0 aromatic rings. The summed E-state index contributed by atoms with van der Waals surface area (Å²) in [6.45, 7) is 4.28. The lowest BCUT2D eigenvalue weighted by atomic mass is 10.1. The average Bonchev–Trinajstić information content (AvgIpc) is 3.02. The van der Waals surface area contributed by atoms with Gasteiger partial charge in [0.05, 0.1) is 25.7 Å². The number of hydrogen-bond acceptors (Lipinski definition) is 4. The Labute approximate surface area is 126 Å². The summed E-state index contributed by atoms with van der Waals surface area (Å²) in [5.74, 6) is 0.0408. The van der Waals surface area contributed by atoms with E-state index in [0.717, 1.165) is 51.9 Å². The standard InChI is InChI=1S/C15H27N3O3/c1-17(12-15(20)18-9-2-3-10-18)14(19)6-11-21-13-4-7-16-8-5-13/h13,16H,2-12H2,1H3. The minimum Gasteiger partial charge on any atom is -0.378 e. The second-order valence-corrected chi connectivity index (χ2v) is 5.91. The minimum absolute atomic E-state index is 0.0171. The number of amides is 2. The zero-order chi connectivity index (χ0) is 15.1. The van der Waals surface area contributed by atoms with Crippen LogP contribution in [0.2, 0.25) is 0 Å². The number of likely N-dealkylation sites (N-methyl/N-ethyl adjacent to an activating group) is 1. The van der Waals surface area contributed by atoms with E-state index < -0.39 is 0 Å². The highest BCUT2D eigenvalue weighted by Crippen LogP contribution is 2.09. The fraction of sp³-hybridized carbons (Fsp3) is 0.867. The van der Waals surface area contributed by atoms with Crippen LogP contribution in [-0.2, 0) is 14.3 Å². The summed E-state index contributed by atoms with van der Waals surface area (Å²) in [6, 6.07) is 0. The van der Waals surface area contributed by atoms with Crippen LogP contribution in [0.15, 0.2) is 0 Å². The van der Waals surface area contributed by atoms with Gasteiger partial charge < -0.3 is 19.9 Å². The van der Waals surface area contributed by atoms with Crippen molar-refractivity contribution < 1.29 is 14.3 Å². The monoisotopic (exact) mass is 297 g/mol. The lowest BCUT2D eigenvalue weighted by molar-refractivity contribution is -0.139. The Kier molecular flexibility index (Phi) is 6.45. The number of carbonyl (C=O) groups is 2. The number of carbonyl (C=O) groups excluding carboxylic acids is 2. The Bertz CT molecular complexity index is 350. The third-order valence-corrected chi connectivity index (χ3v) is 4.21. The molecule has 0 bridgehead atoms. The van der Waals surface area contributed by atoms with Crippen molar-refractivity contribution in [3.8, 4) is 0 Å². The Morgan fingerprint density at radius 1 is 1.24 bits per heavy atom. The molecular weight excluding hydrogens is 270 g/mol. The summed E-state index contributed by atoms with van der Waals surface area (Å²) in [5.41, 5.74) is 0. The number of nitrogens with one attached hydrogen (secondary N) is 1. The van der Waals surface area contributed by atoms with E-state index in [1.54, 1.807) is 7.05 Å². The molecule has 0 aromatic carbocycles. The first-order valence-electron chi connectivity index (χ1n) is 8.01. The molecule has 2 rings (SSSR count). The molecule has 1 N–H and O–H groups in total. The van der Waals surface area contributed by atoms with Gasteiger partial charge >= 0.3 is 0 Å². The third kappa shape index (κ3) is 5.28. The first-order chi connectivity index (χ1) is 10.2. The molecule has 120 valence electrons. The van der Waals surface area contributed by atoms with Crippen molar-refractivity contribution in [2.24, 2.45) is 0 Å². The van der Waals surface area contributed by atoms with Gasteiger partial charge in [-0.15, -0.1) is 0 Å². The Hall–Kier alpha value is -1.14. The summed E-state index contributed by atoms with van der Waals surface area (Å²) < 4.78 is 5.73. The predicted octanol–water partition coefficient (Wildman–Crippen LogP) is 0.226. The van der Waals surface area contributed by atoms with Gasteiger partial charge in [-0.3, -0.25) is 9.59 Å².